The first kappa shape index (κ1) is 21.3. The number of hydrogen-bond donors (Lipinski definition) is 1. The average molecular weight is 435 g/mol. The Balaban J connectivity index is 1.39. The number of carbonyl (C=O) groups is 1. The Morgan fingerprint density at radius 1 is 1.06 bits per heavy atom. The molecule has 1 aliphatic heterocycles. The molecule has 5 nitrogen and oxygen atoms in total. The predicted octanol–water partition coefficient (Wildman–Crippen LogP) is 5.10. The molecule has 31 heavy (non-hydrogen) atoms. The number of rotatable bonds is 6. The molecule has 0 bridgehead atoms. The first-order valence-corrected chi connectivity index (χ1v) is 11.2. The highest BCUT2D eigenvalue weighted by Crippen LogP contribution is 2.28. The molecule has 0 unspecified atom stereocenters. The monoisotopic (exact) mass is 434 g/mol. The summed E-state index contributed by atoms with van der Waals surface area (Å²) < 4.78 is 0. The van der Waals surface area contributed by atoms with Crippen LogP contribution in [0.15, 0.2) is 48.5 Å². The number of nitrogens with zero attached hydrogens (tertiary/aromatic N) is 3. The summed E-state index contributed by atoms with van der Waals surface area (Å²) in [6.45, 7) is 3.73. The summed E-state index contributed by atoms with van der Waals surface area (Å²) in [6.07, 6.45) is 4.86. The zero-order valence-corrected chi connectivity index (χ0v) is 18.5. The highest BCUT2D eigenvalue weighted by Gasteiger charge is 2.19. The van der Waals surface area contributed by atoms with Crippen LogP contribution in [0.25, 0.3) is 11.3 Å². The van der Waals surface area contributed by atoms with Crippen molar-refractivity contribution in [3.05, 3.63) is 75.9 Å². The molecule has 0 saturated carbocycles. The van der Waals surface area contributed by atoms with Gasteiger partial charge in [0, 0.05) is 34.9 Å². The second-order valence-electron chi connectivity index (χ2n) is 8.06. The van der Waals surface area contributed by atoms with E-state index in [1.807, 2.05) is 48.2 Å². The average Bonchev–Trinajstić information content (AvgIpc) is 3.30. The zero-order chi connectivity index (χ0) is 21.8. The standard InChI is InChI=1S/C25H27ClN4O/c1-17-21(8-5-9-22(17)26)23-16-20(28-25(27)29-23)7-4-6-18-10-12-19(13-11-18)24(31)30-14-2-3-15-30/h5,8-13,16H,2-4,6-7,14-15H2,1H3,(H2,27,28,29). The van der Waals surface area contributed by atoms with Crippen molar-refractivity contribution in [1.29, 1.82) is 0 Å². The van der Waals surface area contributed by atoms with Crippen molar-refractivity contribution in [2.24, 2.45) is 0 Å². The molecule has 0 radical (unpaired) electrons. The molecule has 2 aromatic carbocycles. The summed E-state index contributed by atoms with van der Waals surface area (Å²) in [5.74, 6) is 0.418. The normalized spacial score (nSPS) is 13.5. The minimum atomic E-state index is 0.143. The maximum atomic E-state index is 12.5. The summed E-state index contributed by atoms with van der Waals surface area (Å²) in [7, 11) is 0. The van der Waals surface area contributed by atoms with Crippen molar-refractivity contribution in [2.75, 3.05) is 18.8 Å². The maximum Gasteiger partial charge on any atom is 0.253 e. The van der Waals surface area contributed by atoms with Crippen molar-refractivity contribution in [3.8, 4) is 11.3 Å². The van der Waals surface area contributed by atoms with Gasteiger partial charge in [0.1, 0.15) is 0 Å². The van der Waals surface area contributed by atoms with E-state index in [0.717, 1.165) is 73.3 Å². The van der Waals surface area contributed by atoms with Crippen molar-refractivity contribution in [2.45, 2.75) is 39.0 Å². The van der Waals surface area contributed by atoms with Crippen molar-refractivity contribution in [1.82, 2.24) is 14.9 Å². The number of nitrogens with two attached hydrogens (primary N) is 1. The molecule has 1 aromatic heterocycles. The van der Waals surface area contributed by atoms with Crippen LogP contribution in [0, 0.1) is 6.92 Å². The van der Waals surface area contributed by atoms with Gasteiger partial charge in [-0.1, -0.05) is 35.9 Å². The summed E-state index contributed by atoms with van der Waals surface area (Å²) in [6, 6.07) is 15.8. The van der Waals surface area contributed by atoms with Crippen LogP contribution in [0.5, 0.6) is 0 Å². The van der Waals surface area contributed by atoms with E-state index in [4.69, 9.17) is 17.3 Å². The van der Waals surface area contributed by atoms with Gasteiger partial charge in [0.25, 0.3) is 5.91 Å². The van der Waals surface area contributed by atoms with Crippen LogP contribution in [0.1, 0.15) is 46.4 Å². The van der Waals surface area contributed by atoms with Gasteiger partial charge in [-0.05, 0) is 74.4 Å². The molecule has 2 N–H and O–H groups in total. The van der Waals surface area contributed by atoms with E-state index in [1.165, 1.54) is 5.56 Å². The quantitative estimate of drug-likeness (QED) is 0.585. The lowest BCUT2D eigenvalue weighted by Gasteiger charge is -2.15. The Bertz CT molecular complexity index is 1080. The maximum absolute atomic E-state index is 12.5. The number of aryl methyl sites for hydroxylation is 2. The van der Waals surface area contributed by atoms with Crippen LogP contribution >= 0.6 is 11.6 Å². The van der Waals surface area contributed by atoms with Gasteiger partial charge in [-0.25, -0.2) is 9.97 Å². The molecule has 4 rings (SSSR count). The number of carbonyl (C=O) groups excluding carboxylic acids is 1. The molecule has 1 amide bonds. The van der Waals surface area contributed by atoms with E-state index in [0.29, 0.717) is 5.02 Å². The SMILES string of the molecule is Cc1c(Cl)cccc1-c1cc(CCCc2ccc(C(=O)N3CCCC3)cc2)nc(N)n1. The summed E-state index contributed by atoms with van der Waals surface area (Å²) in [4.78, 5) is 23.2. The molecule has 0 aliphatic carbocycles. The van der Waals surface area contributed by atoms with Crippen LogP contribution in [0.2, 0.25) is 5.02 Å². The zero-order valence-electron chi connectivity index (χ0n) is 17.8. The number of amides is 1. The third-order valence-corrected chi connectivity index (χ3v) is 6.24. The van der Waals surface area contributed by atoms with E-state index in [-0.39, 0.29) is 11.9 Å². The molecule has 1 aliphatic rings. The Labute approximate surface area is 188 Å². The summed E-state index contributed by atoms with van der Waals surface area (Å²) in [5, 5.41) is 0.711. The molecular weight excluding hydrogens is 408 g/mol. The van der Waals surface area contributed by atoms with E-state index in [9.17, 15) is 4.79 Å². The van der Waals surface area contributed by atoms with E-state index in [2.05, 4.69) is 22.1 Å². The third kappa shape index (κ3) is 5.05. The molecule has 1 fully saturated rings. The van der Waals surface area contributed by atoms with Crippen molar-refractivity contribution < 1.29 is 4.79 Å². The van der Waals surface area contributed by atoms with Gasteiger partial charge in [-0.15, -0.1) is 0 Å². The van der Waals surface area contributed by atoms with Crippen LogP contribution in [0.4, 0.5) is 5.95 Å². The first-order chi connectivity index (χ1) is 15.0. The number of halogens is 1. The van der Waals surface area contributed by atoms with Gasteiger partial charge in [0.2, 0.25) is 5.95 Å². The second-order valence-corrected chi connectivity index (χ2v) is 8.47. The molecule has 1 saturated heterocycles. The van der Waals surface area contributed by atoms with Gasteiger partial charge in [0.05, 0.1) is 5.69 Å². The van der Waals surface area contributed by atoms with Gasteiger partial charge in [-0.2, -0.15) is 0 Å². The lowest BCUT2D eigenvalue weighted by Crippen LogP contribution is -2.27. The number of benzene rings is 2. The first-order valence-electron chi connectivity index (χ1n) is 10.8. The fourth-order valence-electron chi connectivity index (χ4n) is 4.06. The lowest BCUT2D eigenvalue weighted by atomic mass is 10.0. The number of aromatic nitrogens is 2. The van der Waals surface area contributed by atoms with Crippen LogP contribution < -0.4 is 5.73 Å². The minimum Gasteiger partial charge on any atom is -0.368 e. The number of anilines is 1. The Morgan fingerprint density at radius 3 is 2.55 bits per heavy atom. The van der Waals surface area contributed by atoms with Gasteiger partial charge < -0.3 is 10.6 Å². The number of hydrogen-bond acceptors (Lipinski definition) is 4. The lowest BCUT2D eigenvalue weighted by molar-refractivity contribution is 0.0793. The molecule has 2 heterocycles. The molecule has 160 valence electrons. The fourth-order valence-corrected chi connectivity index (χ4v) is 4.23. The number of nitrogen functional groups attached to an aromatic ring is 1. The molecule has 3 aromatic rings. The highest BCUT2D eigenvalue weighted by atomic mass is 35.5. The summed E-state index contributed by atoms with van der Waals surface area (Å²) in [5.41, 5.74) is 11.6. The third-order valence-electron chi connectivity index (χ3n) is 5.83. The van der Waals surface area contributed by atoms with Crippen molar-refractivity contribution >= 4 is 23.5 Å². The van der Waals surface area contributed by atoms with E-state index < -0.39 is 0 Å². The topological polar surface area (TPSA) is 72.1 Å². The Hall–Kier alpha value is -2.92. The minimum absolute atomic E-state index is 0.143. The Morgan fingerprint density at radius 2 is 1.81 bits per heavy atom. The largest absolute Gasteiger partial charge is 0.368 e. The fraction of sp³-hybridized carbons (Fsp3) is 0.320. The summed E-state index contributed by atoms with van der Waals surface area (Å²) >= 11 is 6.26. The predicted molar refractivity (Wildman–Crippen MR) is 125 cm³/mol. The van der Waals surface area contributed by atoms with Crippen LogP contribution in [-0.2, 0) is 12.8 Å². The van der Waals surface area contributed by atoms with Crippen molar-refractivity contribution in [3.63, 3.8) is 0 Å². The van der Waals surface area contributed by atoms with Gasteiger partial charge >= 0.3 is 0 Å². The van der Waals surface area contributed by atoms with E-state index in [1.54, 1.807) is 0 Å². The number of likely N-dealkylation sites (tertiary alicyclic amines) is 1. The Kier molecular flexibility index (Phi) is 6.52. The van der Waals surface area contributed by atoms with E-state index >= 15 is 0 Å². The van der Waals surface area contributed by atoms with Gasteiger partial charge in [0.15, 0.2) is 0 Å². The highest BCUT2D eigenvalue weighted by molar-refractivity contribution is 6.31. The second kappa shape index (κ2) is 9.48. The molecule has 0 spiro atoms. The molecule has 0 atom stereocenters. The smallest absolute Gasteiger partial charge is 0.253 e. The van der Waals surface area contributed by atoms with Crippen LogP contribution in [-0.4, -0.2) is 33.9 Å². The molecule has 6 heteroatoms. The van der Waals surface area contributed by atoms with Crippen LogP contribution in [0.3, 0.4) is 0 Å². The molecular formula is C25H27ClN4O. The van der Waals surface area contributed by atoms with Gasteiger partial charge in [-0.3, -0.25) is 4.79 Å².